The second-order valence-corrected chi connectivity index (χ2v) is 3.26. The maximum absolute atomic E-state index is 11.0. The molecule has 6 heteroatoms. The molecule has 95 valence electrons. The maximum Gasteiger partial charge on any atom is 0.667 e. The van der Waals surface area contributed by atoms with E-state index in [0.717, 1.165) is 12.8 Å². The zero-order chi connectivity index (χ0) is 12.1. The van der Waals surface area contributed by atoms with Gasteiger partial charge in [-0.1, -0.05) is 13.8 Å². The molecule has 16 heavy (non-hydrogen) atoms. The highest BCUT2D eigenvalue weighted by Gasteiger charge is 2.16. The van der Waals surface area contributed by atoms with Crippen LogP contribution in [0.5, 0.6) is 0 Å². The van der Waals surface area contributed by atoms with Crippen molar-refractivity contribution in [3.8, 4) is 0 Å². The topological polar surface area (TPSA) is 56.8 Å². The molecule has 0 heterocycles. The Hall–Kier alpha value is -0.135. The molecule has 0 saturated carbocycles. The molecule has 0 unspecified atom stereocenters. The Bertz CT molecular complexity index is 122. The zero-order valence-electron chi connectivity index (χ0n) is 10.3. The average Bonchev–Trinajstić information content (AvgIpc) is 2.28. The first kappa shape index (κ1) is 15.9. The van der Waals surface area contributed by atoms with Crippen LogP contribution in [-0.4, -0.2) is 47.0 Å². The summed E-state index contributed by atoms with van der Waals surface area (Å²) >= 11 is 0. The molecule has 0 aromatic carbocycles. The number of hydrogen-bond acceptors (Lipinski definition) is 4. The third-order valence-electron chi connectivity index (χ3n) is 1.66. The van der Waals surface area contributed by atoms with Crippen LogP contribution in [0.2, 0.25) is 0 Å². The first-order chi connectivity index (χ1) is 7.81. The molecule has 0 aromatic heterocycles. The van der Waals surface area contributed by atoms with Crippen molar-refractivity contribution in [3.05, 3.63) is 0 Å². The third kappa shape index (κ3) is 11.9. The minimum Gasteiger partial charge on any atom is -0.382 e. The van der Waals surface area contributed by atoms with Crippen LogP contribution in [0, 0.1) is 0 Å². The van der Waals surface area contributed by atoms with Crippen LogP contribution in [0.25, 0.3) is 0 Å². The number of ether oxygens (including phenoxy) is 2. The molecule has 0 spiro atoms. The summed E-state index contributed by atoms with van der Waals surface area (Å²) in [6.45, 7) is 6.84. The van der Waals surface area contributed by atoms with E-state index in [-0.39, 0.29) is 13.2 Å². The summed E-state index contributed by atoms with van der Waals surface area (Å²) in [4.78, 5) is 0. The molecule has 0 saturated heterocycles. The van der Waals surface area contributed by atoms with Crippen molar-refractivity contribution >= 4 is 7.32 Å². The normalized spacial score (nSPS) is 10.7. The molecular formula is C10H22BO5. The summed E-state index contributed by atoms with van der Waals surface area (Å²) in [5.74, 6) is 0. The minimum absolute atomic E-state index is 0.268. The minimum atomic E-state index is -1.43. The van der Waals surface area contributed by atoms with Crippen molar-refractivity contribution in [1.82, 2.24) is 0 Å². The Balaban J connectivity index is 3.09. The van der Waals surface area contributed by atoms with Gasteiger partial charge in [0.2, 0.25) is 0 Å². The molecule has 0 amide bonds. The molecule has 5 nitrogen and oxygen atoms in total. The van der Waals surface area contributed by atoms with Crippen LogP contribution in [0.1, 0.15) is 26.7 Å². The van der Waals surface area contributed by atoms with Gasteiger partial charge in [0.25, 0.3) is 0 Å². The van der Waals surface area contributed by atoms with Gasteiger partial charge in [0.15, 0.2) is 0 Å². The van der Waals surface area contributed by atoms with Crippen LogP contribution >= 0.6 is 0 Å². The van der Waals surface area contributed by atoms with Gasteiger partial charge in [-0.15, -0.1) is 0 Å². The summed E-state index contributed by atoms with van der Waals surface area (Å²) in [5.41, 5.74) is 0. The Labute approximate surface area is 98.2 Å². The molecule has 0 aliphatic rings. The molecule has 0 aromatic rings. The van der Waals surface area contributed by atoms with Crippen molar-refractivity contribution in [2.24, 2.45) is 0 Å². The Morgan fingerprint density at radius 1 is 0.750 bits per heavy atom. The van der Waals surface area contributed by atoms with Gasteiger partial charge in [0, 0.05) is 13.2 Å². The lowest BCUT2D eigenvalue weighted by molar-refractivity contribution is 0.0384. The van der Waals surface area contributed by atoms with E-state index in [1.807, 2.05) is 13.8 Å². The van der Waals surface area contributed by atoms with Crippen LogP contribution in [0.3, 0.4) is 0 Å². The van der Waals surface area contributed by atoms with Crippen molar-refractivity contribution in [1.29, 1.82) is 0 Å². The average molecular weight is 233 g/mol. The Morgan fingerprint density at radius 2 is 1.19 bits per heavy atom. The zero-order valence-corrected chi connectivity index (χ0v) is 10.3. The molecule has 0 N–H and O–H groups in total. The maximum atomic E-state index is 11.0. The molecule has 1 radical (unpaired) electrons. The van der Waals surface area contributed by atoms with Crippen LogP contribution < -0.4 is 0 Å². The number of hydrogen-bond donors (Lipinski definition) is 0. The van der Waals surface area contributed by atoms with E-state index in [0.29, 0.717) is 26.4 Å². The first-order valence-corrected chi connectivity index (χ1v) is 5.85. The quantitative estimate of drug-likeness (QED) is 0.376. The van der Waals surface area contributed by atoms with Gasteiger partial charge in [0.1, 0.15) is 0 Å². The van der Waals surface area contributed by atoms with E-state index in [1.54, 1.807) is 0 Å². The molecule has 0 bridgehead atoms. The Morgan fingerprint density at radius 3 is 1.56 bits per heavy atom. The fraction of sp³-hybridized carbons (Fsp3) is 1.00. The second-order valence-electron chi connectivity index (χ2n) is 3.26. The van der Waals surface area contributed by atoms with Gasteiger partial charge < -0.3 is 18.8 Å². The van der Waals surface area contributed by atoms with Gasteiger partial charge in [0.05, 0.1) is 26.4 Å². The highest BCUT2D eigenvalue weighted by molar-refractivity contribution is 6.34. The van der Waals surface area contributed by atoms with Crippen molar-refractivity contribution in [2.75, 3.05) is 39.6 Å². The van der Waals surface area contributed by atoms with Crippen LogP contribution in [-0.2, 0) is 23.8 Å². The van der Waals surface area contributed by atoms with E-state index < -0.39 is 7.32 Å². The fourth-order valence-corrected chi connectivity index (χ4v) is 0.947. The lowest BCUT2D eigenvalue weighted by Gasteiger charge is -2.08. The first-order valence-electron chi connectivity index (χ1n) is 5.85. The molecule has 0 fully saturated rings. The van der Waals surface area contributed by atoms with E-state index >= 15 is 0 Å². The van der Waals surface area contributed by atoms with E-state index in [2.05, 4.69) is 0 Å². The van der Waals surface area contributed by atoms with E-state index in [4.69, 9.17) is 18.8 Å². The number of rotatable bonds is 12. The predicted molar refractivity (Wildman–Crippen MR) is 60.6 cm³/mol. The van der Waals surface area contributed by atoms with Gasteiger partial charge in [-0.2, -0.15) is 0 Å². The fourth-order valence-electron chi connectivity index (χ4n) is 0.947. The monoisotopic (exact) mass is 233 g/mol. The molecule has 0 atom stereocenters. The molecule has 0 rings (SSSR count). The van der Waals surface area contributed by atoms with Crippen molar-refractivity contribution in [2.45, 2.75) is 26.7 Å². The van der Waals surface area contributed by atoms with Gasteiger partial charge in [-0.3, -0.25) is 0 Å². The third-order valence-corrected chi connectivity index (χ3v) is 1.66. The summed E-state index contributed by atoms with van der Waals surface area (Å²) in [5, 5.41) is 11.0. The highest BCUT2D eigenvalue weighted by Crippen LogP contribution is 1.89. The molecule has 0 aliphatic carbocycles. The van der Waals surface area contributed by atoms with Crippen molar-refractivity contribution in [3.63, 3.8) is 0 Å². The Kier molecular flexibility index (Phi) is 12.8. The van der Waals surface area contributed by atoms with Crippen molar-refractivity contribution < 1.29 is 23.8 Å². The van der Waals surface area contributed by atoms with E-state index in [1.165, 1.54) is 0 Å². The largest absolute Gasteiger partial charge is 0.667 e. The van der Waals surface area contributed by atoms with Gasteiger partial charge in [-0.05, 0) is 12.8 Å². The molecular weight excluding hydrogens is 211 g/mol. The second kappa shape index (κ2) is 12.9. The van der Waals surface area contributed by atoms with Gasteiger partial charge >= 0.3 is 7.32 Å². The predicted octanol–water partition coefficient (Wildman–Crippen LogP) is 1.29. The van der Waals surface area contributed by atoms with Gasteiger partial charge in [-0.25, -0.2) is 5.02 Å². The lowest BCUT2D eigenvalue weighted by Crippen LogP contribution is -2.25. The van der Waals surface area contributed by atoms with Crippen LogP contribution in [0.4, 0.5) is 0 Å². The smallest absolute Gasteiger partial charge is 0.382 e. The lowest BCUT2D eigenvalue weighted by atomic mass is 10.2. The SMILES string of the molecule is CCCOCCOB([O])OCCOCCC. The van der Waals surface area contributed by atoms with E-state index in [9.17, 15) is 5.02 Å². The summed E-state index contributed by atoms with van der Waals surface area (Å²) in [7, 11) is -1.43. The summed E-state index contributed by atoms with van der Waals surface area (Å²) in [6.07, 6.45) is 1.93. The molecule has 0 aliphatic heterocycles. The summed E-state index contributed by atoms with van der Waals surface area (Å²) < 4.78 is 20.0. The highest BCUT2D eigenvalue weighted by atomic mass is 16.7. The van der Waals surface area contributed by atoms with Crippen LogP contribution in [0.15, 0.2) is 0 Å². The summed E-state index contributed by atoms with van der Waals surface area (Å²) in [6, 6.07) is 0. The standard InChI is InChI=1S/C10H22BO5/c1-3-5-13-7-9-15-11(12)16-10-8-14-6-4-2/h3-10H2,1-2H3.